The molecule has 0 saturated carbocycles. The molecule has 17 heavy (non-hydrogen) atoms. The summed E-state index contributed by atoms with van der Waals surface area (Å²) in [5, 5.41) is 11.9. The number of hydrogen-bond donors (Lipinski definition) is 1. The maximum atomic E-state index is 11.7. The molecule has 2 rings (SSSR count). The Kier molecular flexibility index (Phi) is 3.04. The van der Waals surface area contributed by atoms with E-state index in [0.29, 0.717) is 0 Å². The van der Waals surface area contributed by atoms with Crippen molar-refractivity contribution < 1.29 is 4.79 Å². The second kappa shape index (κ2) is 4.49. The number of benzene rings is 1. The van der Waals surface area contributed by atoms with Gasteiger partial charge in [0, 0.05) is 11.3 Å². The minimum atomic E-state index is -0.0406. The molecule has 0 spiro atoms. The number of aryl methyl sites for hydroxylation is 1. The molecule has 0 aliphatic rings. The van der Waals surface area contributed by atoms with Gasteiger partial charge in [0.25, 0.3) is 0 Å². The number of nitrogens with one attached hydrogen (secondary N) is 1. The Morgan fingerprint density at radius 3 is 2.76 bits per heavy atom. The SMILES string of the molecule is Cc1cc2c(NC(=O)C(C)C)cccc2nn1. The van der Waals surface area contributed by atoms with Crippen molar-refractivity contribution in [2.24, 2.45) is 5.92 Å². The Morgan fingerprint density at radius 2 is 2.06 bits per heavy atom. The summed E-state index contributed by atoms with van der Waals surface area (Å²) in [4.78, 5) is 11.7. The highest BCUT2D eigenvalue weighted by molar-refractivity contribution is 6.01. The average molecular weight is 229 g/mol. The summed E-state index contributed by atoms with van der Waals surface area (Å²) in [7, 11) is 0. The van der Waals surface area contributed by atoms with Gasteiger partial charge in [0.2, 0.25) is 5.91 Å². The van der Waals surface area contributed by atoms with Gasteiger partial charge in [-0.25, -0.2) is 0 Å². The Labute approximate surface area is 100 Å². The van der Waals surface area contributed by atoms with E-state index in [1.807, 2.05) is 45.0 Å². The molecular weight excluding hydrogens is 214 g/mol. The van der Waals surface area contributed by atoms with Crippen molar-refractivity contribution >= 4 is 22.5 Å². The smallest absolute Gasteiger partial charge is 0.226 e. The minimum absolute atomic E-state index is 0.00645. The largest absolute Gasteiger partial charge is 0.325 e. The molecule has 1 aromatic heterocycles. The fourth-order valence-electron chi connectivity index (χ4n) is 1.55. The fraction of sp³-hybridized carbons (Fsp3) is 0.308. The molecule has 0 aliphatic heterocycles. The van der Waals surface area contributed by atoms with E-state index in [-0.39, 0.29) is 11.8 Å². The highest BCUT2D eigenvalue weighted by atomic mass is 16.1. The molecule has 0 aliphatic carbocycles. The first-order valence-corrected chi connectivity index (χ1v) is 5.62. The summed E-state index contributed by atoms with van der Waals surface area (Å²) in [6, 6.07) is 7.55. The van der Waals surface area contributed by atoms with Crippen molar-refractivity contribution in [2.45, 2.75) is 20.8 Å². The standard InChI is InChI=1S/C13H15N3O/c1-8(2)13(17)14-11-5-4-6-12-10(11)7-9(3)15-16-12/h4-8H,1-3H3,(H,14,17). The molecule has 0 unspecified atom stereocenters. The van der Waals surface area contributed by atoms with Crippen LogP contribution in [0.1, 0.15) is 19.5 Å². The van der Waals surface area contributed by atoms with E-state index in [9.17, 15) is 4.79 Å². The molecule has 88 valence electrons. The van der Waals surface area contributed by atoms with E-state index in [2.05, 4.69) is 15.5 Å². The van der Waals surface area contributed by atoms with E-state index in [0.717, 1.165) is 22.3 Å². The highest BCUT2D eigenvalue weighted by Gasteiger charge is 2.09. The first-order chi connectivity index (χ1) is 8.08. The third kappa shape index (κ3) is 2.41. The molecule has 4 nitrogen and oxygen atoms in total. The van der Waals surface area contributed by atoms with Crippen LogP contribution in [0.2, 0.25) is 0 Å². The second-order valence-electron chi connectivity index (χ2n) is 4.37. The lowest BCUT2D eigenvalue weighted by Crippen LogP contribution is -2.17. The number of carbonyl (C=O) groups is 1. The van der Waals surface area contributed by atoms with Gasteiger partial charge in [0.15, 0.2) is 0 Å². The van der Waals surface area contributed by atoms with Crippen molar-refractivity contribution in [3.63, 3.8) is 0 Å². The van der Waals surface area contributed by atoms with Gasteiger partial charge < -0.3 is 5.32 Å². The number of carbonyl (C=O) groups excluding carboxylic acids is 1. The molecule has 1 N–H and O–H groups in total. The molecule has 0 radical (unpaired) electrons. The van der Waals surface area contributed by atoms with Crippen LogP contribution in [0.4, 0.5) is 5.69 Å². The molecule has 0 saturated heterocycles. The van der Waals surface area contributed by atoms with Crippen LogP contribution >= 0.6 is 0 Å². The number of anilines is 1. The summed E-state index contributed by atoms with van der Waals surface area (Å²) < 4.78 is 0. The van der Waals surface area contributed by atoms with Gasteiger partial charge in [0.1, 0.15) is 0 Å². The van der Waals surface area contributed by atoms with Crippen LogP contribution in [0.25, 0.3) is 10.9 Å². The molecule has 1 aromatic carbocycles. The van der Waals surface area contributed by atoms with Crippen LogP contribution < -0.4 is 5.32 Å². The summed E-state index contributed by atoms with van der Waals surface area (Å²) in [5.41, 5.74) is 2.42. The van der Waals surface area contributed by atoms with Gasteiger partial charge >= 0.3 is 0 Å². The van der Waals surface area contributed by atoms with Crippen molar-refractivity contribution in [1.29, 1.82) is 0 Å². The number of hydrogen-bond acceptors (Lipinski definition) is 3. The number of rotatable bonds is 2. The Bertz CT molecular complexity index is 564. The van der Waals surface area contributed by atoms with Crippen LogP contribution in [-0.2, 0) is 4.79 Å². The number of aromatic nitrogens is 2. The normalized spacial score (nSPS) is 10.8. The number of fused-ring (bicyclic) bond motifs is 1. The van der Waals surface area contributed by atoms with Crippen LogP contribution in [-0.4, -0.2) is 16.1 Å². The zero-order chi connectivity index (χ0) is 12.4. The Hall–Kier alpha value is -1.97. The van der Waals surface area contributed by atoms with Gasteiger partial charge in [-0.05, 0) is 25.1 Å². The molecule has 1 heterocycles. The second-order valence-corrected chi connectivity index (χ2v) is 4.37. The molecule has 0 fully saturated rings. The molecular formula is C13H15N3O. The van der Waals surface area contributed by atoms with E-state index in [4.69, 9.17) is 0 Å². The topological polar surface area (TPSA) is 54.9 Å². The van der Waals surface area contributed by atoms with Gasteiger partial charge in [-0.15, -0.1) is 0 Å². The van der Waals surface area contributed by atoms with E-state index in [1.165, 1.54) is 0 Å². The first-order valence-electron chi connectivity index (χ1n) is 5.62. The van der Waals surface area contributed by atoms with Gasteiger partial charge in [0.05, 0.1) is 16.9 Å². The third-order valence-corrected chi connectivity index (χ3v) is 2.53. The lowest BCUT2D eigenvalue weighted by Gasteiger charge is -2.10. The lowest BCUT2D eigenvalue weighted by atomic mass is 10.1. The Balaban J connectivity index is 2.46. The van der Waals surface area contributed by atoms with E-state index >= 15 is 0 Å². The van der Waals surface area contributed by atoms with E-state index in [1.54, 1.807) is 0 Å². The van der Waals surface area contributed by atoms with E-state index < -0.39 is 0 Å². The quantitative estimate of drug-likeness (QED) is 0.860. The zero-order valence-electron chi connectivity index (χ0n) is 10.2. The highest BCUT2D eigenvalue weighted by Crippen LogP contribution is 2.22. The molecule has 2 aromatic rings. The lowest BCUT2D eigenvalue weighted by molar-refractivity contribution is -0.118. The van der Waals surface area contributed by atoms with Gasteiger partial charge in [-0.2, -0.15) is 10.2 Å². The predicted octanol–water partition coefficient (Wildman–Crippen LogP) is 2.53. The van der Waals surface area contributed by atoms with Crippen LogP contribution in [0, 0.1) is 12.8 Å². The molecule has 0 bridgehead atoms. The van der Waals surface area contributed by atoms with Gasteiger partial charge in [-0.1, -0.05) is 19.9 Å². The Morgan fingerprint density at radius 1 is 1.29 bits per heavy atom. The number of nitrogens with zero attached hydrogens (tertiary/aromatic N) is 2. The monoisotopic (exact) mass is 229 g/mol. The maximum Gasteiger partial charge on any atom is 0.226 e. The zero-order valence-corrected chi connectivity index (χ0v) is 10.2. The third-order valence-electron chi connectivity index (χ3n) is 2.53. The summed E-state index contributed by atoms with van der Waals surface area (Å²) in [6.45, 7) is 5.62. The summed E-state index contributed by atoms with van der Waals surface area (Å²) in [5.74, 6) is -0.0342. The first kappa shape index (κ1) is 11.5. The van der Waals surface area contributed by atoms with Gasteiger partial charge in [-0.3, -0.25) is 4.79 Å². The number of amides is 1. The average Bonchev–Trinajstić information content (AvgIpc) is 2.29. The van der Waals surface area contributed by atoms with Crippen LogP contribution in [0.15, 0.2) is 24.3 Å². The van der Waals surface area contributed by atoms with Crippen molar-refractivity contribution in [3.8, 4) is 0 Å². The molecule has 4 heteroatoms. The summed E-state index contributed by atoms with van der Waals surface area (Å²) >= 11 is 0. The fourth-order valence-corrected chi connectivity index (χ4v) is 1.55. The van der Waals surface area contributed by atoms with Crippen molar-refractivity contribution in [3.05, 3.63) is 30.0 Å². The molecule has 0 atom stereocenters. The maximum absolute atomic E-state index is 11.7. The van der Waals surface area contributed by atoms with Crippen molar-refractivity contribution in [2.75, 3.05) is 5.32 Å². The summed E-state index contributed by atoms with van der Waals surface area (Å²) in [6.07, 6.45) is 0. The van der Waals surface area contributed by atoms with Crippen LogP contribution in [0.5, 0.6) is 0 Å². The minimum Gasteiger partial charge on any atom is -0.325 e. The van der Waals surface area contributed by atoms with Crippen molar-refractivity contribution in [1.82, 2.24) is 10.2 Å². The molecule has 1 amide bonds. The van der Waals surface area contributed by atoms with Crippen LogP contribution in [0.3, 0.4) is 0 Å². The predicted molar refractivity (Wildman–Crippen MR) is 67.7 cm³/mol.